The van der Waals surface area contributed by atoms with Gasteiger partial charge in [-0.2, -0.15) is 0 Å². The number of carbonyl (C=O) groups excluding carboxylic acids is 2. The van der Waals surface area contributed by atoms with Crippen molar-refractivity contribution in [2.24, 2.45) is 0 Å². The largest absolute Gasteiger partial charge is 0.455 e. The molecule has 0 bridgehead atoms. The lowest BCUT2D eigenvalue weighted by Gasteiger charge is -2.35. The third-order valence-electron chi connectivity index (χ3n) is 4.76. The lowest BCUT2D eigenvalue weighted by atomic mass is 10.2. The zero-order valence-electron chi connectivity index (χ0n) is 17.4. The molecule has 0 aromatic heterocycles. The highest BCUT2D eigenvalue weighted by molar-refractivity contribution is 6.16. The lowest BCUT2D eigenvalue weighted by molar-refractivity contribution is -0.222. The highest BCUT2D eigenvalue weighted by Crippen LogP contribution is 2.33. The maximum absolute atomic E-state index is 12.8. The Kier molecular flexibility index (Phi) is 5.81. The van der Waals surface area contributed by atoms with Crippen molar-refractivity contribution in [2.45, 2.75) is 19.6 Å². The van der Waals surface area contributed by atoms with Crippen LogP contribution in [0.2, 0.25) is 0 Å². The summed E-state index contributed by atoms with van der Waals surface area (Å²) in [4.78, 5) is 27.4. The minimum Gasteiger partial charge on any atom is -0.455 e. The van der Waals surface area contributed by atoms with Gasteiger partial charge in [0.25, 0.3) is 5.79 Å². The van der Waals surface area contributed by atoms with E-state index in [2.05, 4.69) is 5.32 Å². The third kappa shape index (κ3) is 4.80. The summed E-state index contributed by atoms with van der Waals surface area (Å²) in [6.07, 6.45) is 0. The van der Waals surface area contributed by atoms with E-state index in [1.54, 1.807) is 6.07 Å². The van der Waals surface area contributed by atoms with Crippen molar-refractivity contribution in [1.82, 2.24) is 4.90 Å². The van der Waals surface area contributed by atoms with E-state index in [4.69, 9.17) is 18.9 Å². The van der Waals surface area contributed by atoms with Crippen molar-refractivity contribution in [3.8, 4) is 11.5 Å². The molecule has 0 amide bonds. The second-order valence-corrected chi connectivity index (χ2v) is 7.54. The number of ether oxygens (including phenoxy) is 4. The fraction of sp³-hybridized carbons (Fsp3) is 0.304. The maximum atomic E-state index is 12.8. The van der Waals surface area contributed by atoms with E-state index in [9.17, 15) is 9.59 Å². The van der Waals surface area contributed by atoms with Gasteiger partial charge in [0, 0.05) is 26.9 Å². The Hall–Kier alpha value is -3.52. The van der Waals surface area contributed by atoms with Gasteiger partial charge in [-0.1, -0.05) is 30.3 Å². The predicted molar refractivity (Wildman–Crippen MR) is 112 cm³/mol. The number of rotatable bonds is 5. The number of nitrogens with one attached hydrogen (secondary N) is 1. The number of benzene rings is 2. The molecule has 2 aromatic carbocycles. The topological polar surface area (TPSA) is 86.3 Å². The van der Waals surface area contributed by atoms with Crippen molar-refractivity contribution in [3.63, 3.8) is 0 Å². The average Bonchev–Trinajstić information content (AvgIpc) is 2.74. The number of anilines is 1. The van der Waals surface area contributed by atoms with Crippen molar-refractivity contribution in [1.29, 1.82) is 0 Å². The molecular weight excluding hydrogens is 400 g/mol. The summed E-state index contributed by atoms with van der Waals surface area (Å²) in [5.74, 6) is -1.29. The second kappa shape index (κ2) is 8.69. The molecular formula is C23H24N2O6. The number of nitrogens with zero attached hydrogens (tertiary/aromatic N) is 1. The number of para-hydroxylation sites is 3. The zero-order chi connectivity index (χ0) is 21.8. The summed E-state index contributed by atoms with van der Waals surface area (Å²) in [6.45, 7) is 4.97. The molecule has 8 heteroatoms. The van der Waals surface area contributed by atoms with Gasteiger partial charge >= 0.3 is 11.9 Å². The number of hydrogen-bond donors (Lipinski definition) is 1. The number of hydrogen-bond acceptors (Lipinski definition) is 8. The summed E-state index contributed by atoms with van der Waals surface area (Å²) in [7, 11) is 0. The average molecular weight is 424 g/mol. The number of morpholine rings is 1. The third-order valence-corrected chi connectivity index (χ3v) is 4.76. The molecule has 1 N–H and O–H groups in total. The van der Waals surface area contributed by atoms with Gasteiger partial charge in [-0.15, -0.1) is 0 Å². The molecule has 0 saturated carbocycles. The standard InChI is InChI=1S/C23H24N2O6/c1-23(2)30-21(26)19(22(27)31-23)20(25-12-14-28-15-13-25)24-17-10-6-7-11-18(17)29-16-8-4-3-5-9-16/h3-11,24H,12-15H2,1-2H3. The van der Waals surface area contributed by atoms with Gasteiger partial charge in [0.2, 0.25) is 0 Å². The number of cyclic esters (lactones) is 2. The Labute approximate surface area is 180 Å². The van der Waals surface area contributed by atoms with Crippen LogP contribution in [-0.2, 0) is 23.8 Å². The van der Waals surface area contributed by atoms with E-state index in [1.807, 2.05) is 53.4 Å². The Balaban J connectivity index is 1.71. The zero-order valence-corrected chi connectivity index (χ0v) is 17.4. The molecule has 162 valence electrons. The van der Waals surface area contributed by atoms with E-state index in [0.717, 1.165) is 0 Å². The number of carbonyl (C=O) groups is 2. The quantitative estimate of drug-likeness (QED) is 0.445. The van der Waals surface area contributed by atoms with Gasteiger partial charge in [-0.25, -0.2) is 9.59 Å². The van der Waals surface area contributed by atoms with Gasteiger partial charge in [0.15, 0.2) is 11.3 Å². The van der Waals surface area contributed by atoms with Crippen molar-refractivity contribution >= 4 is 17.6 Å². The first-order valence-electron chi connectivity index (χ1n) is 10.1. The normalized spacial score (nSPS) is 18.1. The molecule has 2 heterocycles. The summed E-state index contributed by atoms with van der Waals surface area (Å²) < 4.78 is 22.1. The highest BCUT2D eigenvalue weighted by atomic mass is 16.7. The van der Waals surface area contributed by atoms with Crippen LogP contribution in [0, 0.1) is 0 Å². The summed E-state index contributed by atoms with van der Waals surface area (Å²) in [6, 6.07) is 16.6. The molecule has 2 aliphatic heterocycles. The highest BCUT2D eigenvalue weighted by Gasteiger charge is 2.42. The first-order valence-corrected chi connectivity index (χ1v) is 10.1. The molecule has 4 rings (SSSR count). The molecule has 0 unspecified atom stereocenters. The van der Waals surface area contributed by atoms with E-state index in [-0.39, 0.29) is 5.57 Å². The molecule has 0 spiro atoms. The van der Waals surface area contributed by atoms with Gasteiger partial charge in [0.1, 0.15) is 11.6 Å². The van der Waals surface area contributed by atoms with Gasteiger partial charge < -0.3 is 29.2 Å². The molecule has 0 atom stereocenters. The van der Waals surface area contributed by atoms with Crippen LogP contribution in [0.3, 0.4) is 0 Å². The van der Waals surface area contributed by atoms with Crippen LogP contribution in [0.25, 0.3) is 0 Å². The maximum Gasteiger partial charge on any atom is 0.352 e. The van der Waals surface area contributed by atoms with E-state index < -0.39 is 17.7 Å². The van der Waals surface area contributed by atoms with Gasteiger partial charge in [-0.3, -0.25) is 0 Å². The Bertz CT molecular complexity index is 974. The number of esters is 2. The Morgan fingerprint density at radius 3 is 2.23 bits per heavy atom. The molecule has 2 aliphatic rings. The van der Waals surface area contributed by atoms with E-state index in [1.165, 1.54) is 13.8 Å². The summed E-state index contributed by atoms with van der Waals surface area (Å²) >= 11 is 0. The monoisotopic (exact) mass is 424 g/mol. The molecule has 0 aliphatic carbocycles. The smallest absolute Gasteiger partial charge is 0.352 e. The minimum absolute atomic E-state index is 0.185. The summed E-state index contributed by atoms with van der Waals surface area (Å²) in [5, 5.41) is 3.22. The molecule has 2 aromatic rings. The van der Waals surface area contributed by atoms with Crippen molar-refractivity contribution in [3.05, 3.63) is 66.0 Å². The van der Waals surface area contributed by atoms with Crippen LogP contribution in [0.5, 0.6) is 11.5 Å². The van der Waals surface area contributed by atoms with E-state index in [0.29, 0.717) is 49.3 Å². The molecule has 8 nitrogen and oxygen atoms in total. The van der Waals surface area contributed by atoms with Crippen molar-refractivity contribution in [2.75, 3.05) is 31.6 Å². The fourth-order valence-corrected chi connectivity index (χ4v) is 3.33. The first kappa shape index (κ1) is 20.7. The predicted octanol–water partition coefficient (Wildman–Crippen LogP) is 3.27. The van der Waals surface area contributed by atoms with Crippen molar-refractivity contribution < 1.29 is 28.5 Å². The Morgan fingerprint density at radius 2 is 1.55 bits per heavy atom. The van der Waals surface area contributed by atoms with Crippen LogP contribution >= 0.6 is 0 Å². The summed E-state index contributed by atoms with van der Waals surface area (Å²) in [5.41, 5.74) is 0.404. The van der Waals surface area contributed by atoms with Gasteiger partial charge in [0.05, 0.1) is 18.9 Å². The molecule has 31 heavy (non-hydrogen) atoms. The van der Waals surface area contributed by atoms with Crippen LogP contribution in [0.4, 0.5) is 5.69 Å². The van der Waals surface area contributed by atoms with Crippen LogP contribution in [0.1, 0.15) is 13.8 Å². The lowest BCUT2D eigenvalue weighted by Crippen LogP contribution is -2.46. The van der Waals surface area contributed by atoms with E-state index >= 15 is 0 Å². The molecule has 2 saturated heterocycles. The fourth-order valence-electron chi connectivity index (χ4n) is 3.33. The molecule has 2 fully saturated rings. The van der Waals surface area contributed by atoms with Crippen LogP contribution < -0.4 is 10.1 Å². The van der Waals surface area contributed by atoms with Gasteiger partial charge in [-0.05, 0) is 24.3 Å². The van der Waals surface area contributed by atoms with Crippen LogP contribution in [0.15, 0.2) is 66.0 Å². The Morgan fingerprint density at radius 1 is 0.935 bits per heavy atom. The first-order chi connectivity index (χ1) is 14.9. The SMILES string of the molecule is CC1(C)OC(=O)C(=C(Nc2ccccc2Oc2ccccc2)N2CCOCC2)C(=O)O1. The van der Waals surface area contributed by atoms with Crippen LogP contribution in [-0.4, -0.2) is 48.9 Å². The molecule has 0 radical (unpaired) electrons. The minimum atomic E-state index is -1.32. The second-order valence-electron chi connectivity index (χ2n) is 7.54.